The third kappa shape index (κ3) is 4.17. The number of ether oxygens (including phenoxy) is 1. The molecule has 3 aromatic rings. The molecule has 3 heterocycles. The van der Waals surface area contributed by atoms with Crippen LogP contribution in [0.25, 0.3) is 11.0 Å². The average Bonchev–Trinajstić information content (AvgIpc) is 2.76. The predicted molar refractivity (Wildman–Crippen MR) is 113 cm³/mol. The molecule has 1 aliphatic rings. The molecule has 0 aliphatic heterocycles. The Labute approximate surface area is 174 Å². The summed E-state index contributed by atoms with van der Waals surface area (Å²) in [5, 5.41) is 3.50. The van der Waals surface area contributed by atoms with Gasteiger partial charge in [0.1, 0.15) is 17.3 Å². The summed E-state index contributed by atoms with van der Waals surface area (Å²) in [6.45, 7) is 4.47. The lowest BCUT2D eigenvalue weighted by atomic mass is 9.92. The molecule has 4 rings (SSSR count). The molecule has 3 aromatic heterocycles. The summed E-state index contributed by atoms with van der Waals surface area (Å²) >= 11 is 0. The molecule has 0 radical (unpaired) electrons. The molecule has 1 aliphatic carbocycles. The van der Waals surface area contributed by atoms with Crippen molar-refractivity contribution in [3.8, 4) is 6.01 Å². The summed E-state index contributed by atoms with van der Waals surface area (Å²) in [5.74, 6) is -0.333. The average molecular weight is 407 g/mol. The Hall–Kier alpha value is -3.29. The van der Waals surface area contributed by atoms with E-state index in [-0.39, 0.29) is 29.0 Å². The van der Waals surface area contributed by atoms with Gasteiger partial charge in [-0.25, -0.2) is 15.0 Å². The second-order valence-electron chi connectivity index (χ2n) is 7.58. The fourth-order valence-corrected chi connectivity index (χ4v) is 3.85. The maximum absolute atomic E-state index is 12.9. The third-order valence-electron chi connectivity index (χ3n) is 5.47. The Morgan fingerprint density at radius 2 is 1.93 bits per heavy atom. The first kappa shape index (κ1) is 20.0. The Morgan fingerprint density at radius 3 is 2.63 bits per heavy atom. The van der Waals surface area contributed by atoms with Crippen molar-refractivity contribution < 1.29 is 9.53 Å². The minimum atomic E-state index is -0.333. The summed E-state index contributed by atoms with van der Waals surface area (Å²) in [4.78, 5) is 38.4. The lowest BCUT2D eigenvalue weighted by Gasteiger charge is -2.28. The molecule has 1 fully saturated rings. The topological polar surface area (TPSA) is 99.0 Å². The molecule has 30 heavy (non-hydrogen) atoms. The summed E-state index contributed by atoms with van der Waals surface area (Å²) in [5.41, 5.74) is 1.32. The number of carbonyl (C=O) groups is 1. The zero-order chi connectivity index (χ0) is 21.1. The zero-order valence-corrected chi connectivity index (χ0v) is 17.2. The maximum Gasteiger partial charge on any atom is 0.316 e. The first-order chi connectivity index (χ1) is 14.5. The zero-order valence-electron chi connectivity index (χ0n) is 17.2. The van der Waals surface area contributed by atoms with Gasteiger partial charge in [-0.15, -0.1) is 0 Å². The molecule has 0 bridgehead atoms. The summed E-state index contributed by atoms with van der Waals surface area (Å²) in [6, 6.07) is 5.68. The van der Waals surface area contributed by atoms with Crippen LogP contribution >= 0.6 is 0 Å². The highest BCUT2D eigenvalue weighted by molar-refractivity contribution is 5.97. The van der Waals surface area contributed by atoms with Crippen LogP contribution in [0.2, 0.25) is 0 Å². The number of aromatic nitrogens is 4. The molecule has 8 heteroatoms. The number of fused-ring (bicyclic) bond motifs is 1. The second kappa shape index (κ2) is 8.61. The predicted octanol–water partition coefficient (Wildman–Crippen LogP) is 2.63. The van der Waals surface area contributed by atoms with Gasteiger partial charge < -0.3 is 14.6 Å². The number of nitrogens with one attached hydrogen (secondary N) is 1. The molecular formula is C22H25N5O3. The van der Waals surface area contributed by atoms with Crippen LogP contribution in [0.3, 0.4) is 0 Å². The number of aryl methyl sites for hydroxylation is 2. The molecule has 0 unspecified atom stereocenters. The quantitative estimate of drug-likeness (QED) is 0.698. The van der Waals surface area contributed by atoms with Gasteiger partial charge in [-0.1, -0.05) is 0 Å². The van der Waals surface area contributed by atoms with Crippen molar-refractivity contribution in [1.82, 2.24) is 24.8 Å². The second-order valence-corrected chi connectivity index (χ2v) is 7.58. The van der Waals surface area contributed by atoms with E-state index in [1.165, 1.54) is 0 Å². The SMILES string of the molecule is CCn1cc(C(=O)NC2CCC(Oc3ncccn3)CC2)c(=O)c2ccc(C)nc21. The minimum absolute atomic E-state index is 0.00959. The molecule has 156 valence electrons. The molecule has 8 nitrogen and oxygen atoms in total. The standard InChI is InChI=1S/C22H25N5O3/c1-3-27-13-18(19(28)17-10-5-14(2)25-20(17)27)21(29)26-15-6-8-16(9-7-15)30-22-23-11-4-12-24-22/h4-5,10-13,15-16H,3,6-9H2,1-2H3,(H,26,29). The largest absolute Gasteiger partial charge is 0.460 e. The highest BCUT2D eigenvalue weighted by atomic mass is 16.5. The van der Waals surface area contributed by atoms with Crippen molar-refractivity contribution >= 4 is 16.9 Å². The lowest BCUT2D eigenvalue weighted by molar-refractivity contribution is 0.0883. The normalized spacial score (nSPS) is 18.9. The van der Waals surface area contributed by atoms with Gasteiger partial charge in [0.15, 0.2) is 0 Å². The number of hydrogen-bond acceptors (Lipinski definition) is 6. The van der Waals surface area contributed by atoms with Gasteiger partial charge in [-0.3, -0.25) is 9.59 Å². The molecule has 1 saturated carbocycles. The van der Waals surface area contributed by atoms with Crippen LogP contribution in [-0.2, 0) is 6.54 Å². The summed E-state index contributed by atoms with van der Waals surface area (Å²) in [6.07, 6.45) is 8.10. The van der Waals surface area contributed by atoms with Crippen LogP contribution in [-0.4, -0.2) is 37.6 Å². The van der Waals surface area contributed by atoms with Gasteiger partial charge in [0.25, 0.3) is 5.91 Å². The summed E-state index contributed by atoms with van der Waals surface area (Å²) < 4.78 is 7.66. The highest BCUT2D eigenvalue weighted by Gasteiger charge is 2.25. The maximum atomic E-state index is 12.9. The van der Waals surface area contributed by atoms with E-state index in [1.54, 1.807) is 36.8 Å². The number of amides is 1. The van der Waals surface area contributed by atoms with Gasteiger partial charge in [-0.2, -0.15) is 0 Å². The molecule has 0 atom stereocenters. The number of pyridine rings is 2. The van der Waals surface area contributed by atoms with Crippen molar-refractivity contribution in [3.63, 3.8) is 0 Å². The smallest absolute Gasteiger partial charge is 0.316 e. The first-order valence-corrected chi connectivity index (χ1v) is 10.3. The number of rotatable bonds is 5. The van der Waals surface area contributed by atoms with Crippen molar-refractivity contribution in [1.29, 1.82) is 0 Å². The van der Waals surface area contributed by atoms with Crippen LogP contribution in [0.4, 0.5) is 0 Å². The van der Waals surface area contributed by atoms with Gasteiger partial charge in [0.2, 0.25) is 5.43 Å². The van der Waals surface area contributed by atoms with Crippen LogP contribution in [0, 0.1) is 6.92 Å². The number of hydrogen-bond donors (Lipinski definition) is 1. The summed E-state index contributed by atoms with van der Waals surface area (Å²) in [7, 11) is 0. The Kier molecular flexibility index (Phi) is 5.74. The third-order valence-corrected chi connectivity index (χ3v) is 5.47. The van der Waals surface area contributed by atoms with E-state index < -0.39 is 0 Å². The molecule has 0 spiro atoms. The molecule has 1 N–H and O–H groups in total. The lowest BCUT2D eigenvalue weighted by Crippen LogP contribution is -2.41. The highest BCUT2D eigenvalue weighted by Crippen LogP contribution is 2.22. The van der Waals surface area contributed by atoms with Crippen LogP contribution in [0.1, 0.15) is 48.7 Å². The van der Waals surface area contributed by atoms with E-state index in [0.717, 1.165) is 31.4 Å². The molecule has 1 amide bonds. The van der Waals surface area contributed by atoms with Crippen LogP contribution in [0.5, 0.6) is 6.01 Å². The van der Waals surface area contributed by atoms with Gasteiger partial charge in [0, 0.05) is 36.9 Å². The van der Waals surface area contributed by atoms with Crippen molar-refractivity contribution in [2.24, 2.45) is 0 Å². The monoisotopic (exact) mass is 407 g/mol. The van der Waals surface area contributed by atoms with Crippen molar-refractivity contribution in [2.45, 2.75) is 58.2 Å². The first-order valence-electron chi connectivity index (χ1n) is 10.3. The van der Waals surface area contributed by atoms with E-state index >= 15 is 0 Å². The van der Waals surface area contributed by atoms with E-state index in [9.17, 15) is 9.59 Å². The van der Waals surface area contributed by atoms with E-state index in [2.05, 4.69) is 20.3 Å². The molecular weight excluding hydrogens is 382 g/mol. The number of carbonyl (C=O) groups excluding carboxylic acids is 1. The number of nitrogens with zero attached hydrogens (tertiary/aromatic N) is 4. The fourth-order valence-electron chi connectivity index (χ4n) is 3.85. The van der Waals surface area contributed by atoms with Gasteiger partial charge >= 0.3 is 6.01 Å². The Balaban J connectivity index is 1.44. The van der Waals surface area contributed by atoms with E-state index in [0.29, 0.717) is 23.6 Å². The Morgan fingerprint density at radius 1 is 1.20 bits per heavy atom. The molecule has 0 saturated heterocycles. The van der Waals surface area contributed by atoms with E-state index in [1.807, 2.05) is 18.4 Å². The van der Waals surface area contributed by atoms with Gasteiger partial charge in [0.05, 0.1) is 5.39 Å². The minimum Gasteiger partial charge on any atom is -0.460 e. The molecule has 0 aromatic carbocycles. The van der Waals surface area contributed by atoms with Crippen LogP contribution in [0.15, 0.2) is 41.6 Å². The Bertz CT molecular complexity index is 1100. The van der Waals surface area contributed by atoms with Crippen LogP contribution < -0.4 is 15.5 Å². The fraction of sp³-hybridized carbons (Fsp3) is 0.409. The van der Waals surface area contributed by atoms with E-state index in [4.69, 9.17) is 4.74 Å². The van der Waals surface area contributed by atoms with Crippen molar-refractivity contribution in [2.75, 3.05) is 0 Å². The van der Waals surface area contributed by atoms with Crippen molar-refractivity contribution in [3.05, 3.63) is 58.3 Å². The van der Waals surface area contributed by atoms with Gasteiger partial charge in [-0.05, 0) is 57.7 Å².